The Balaban J connectivity index is 1.48. The van der Waals surface area contributed by atoms with E-state index in [9.17, 15) is 8.78 Å². The summed E-state index contributed by atoms with van der Waals surface area (Å²) in [5, 5.41) is 0. The minimum absolute atomic E-state index is 0.194. The van der Waals surface area contributed by atoms with Crippen LogP contribution >= 0.6 is 0 Å². The number of halogens is 3. The molecule has 0 bridgehead atoms. The van der Waals surface area contributed by atoms with Gasteiger partial charge in [0.2, 0.25) is 0 Å². The number of aryl methyl sites for hydroxylation is 1. The molecule has 1 fully saturated rings. The Morgan fingerprint density at radius 3 is 2.24 bits per heavy atom. The monoisotopic (exact) mass is 464 g/mol. The van der Waals surface area contributed by atoms with Crippen molar-refractivity contribution in [1.82, 2.24) is 0 Å². The minimum atomic E-state index is -0.837. The van der Waals surface area contributed by atoms with Crippen LogP contribution in [-0.2, 0) is 11.2 Å². The summed E-state index contributed by atoms with van der Waals surface area (Å²) in [6, 6.07) is 15.5. The summed E-state index contributed by atoms with van der Waals surface area (Å²) in [5.41, 5.74) is 3.29. The van der Waals surface area contributed by atoms with Gasteiger partial charge in [-0.05, 0) is 60.4 Å². The van der Waals surface area contributed by atoms with E-state index in [0.29, 0.717) is 35.3 Å². The highest BCUT2D eigenvalue weighted by Gasteiger charge is 2.23. The lowest BCUT2D eigenvalue weighted by molar-refractivity contribution is -0.000212. The standard InChI is InChI=1S/C30H31F3O/c1-3-5-7-25-15-12-24(19-34-25)23-14-16-26(28(31)18-23)20-8-10-21(11-9-20)27-17-13-22(6-4-2)29(32)30(27)33/h3,8-11,13-14,16-18,24-25H,1,4-7,12,15,19H2,2H3. The van der Waals surface area contributed by atoms with E-state index in [1.165, 1.54) is 0 Å². The molecule has 1 aliphatic rings. The van der Waals surface area contributed by atoms with Gasteiger partial charge in [-0.3, -0.25) is 0 Å². The third-order valence-electron chi connectivity index (χ3n) is 6.72. The Labute approximate surface area is 200 Å². The van der Waals surface area contributed by atoms with Gasteiger partial charge in [-0.1, -0.05) is 68.0 Å². The molecule has 178 valence electrons. The molecule has 0 aromatic heterocycles. The van der Waals surface area contributed by atoms with Crippen LogP contribution in [0.4, 0.5) is 13.2 Å². The fraction of sp³-hybridized carbons (Fsp3) is 0.333. The lowest BCUT2D eigenvalue weighted by Gasteiger charge is -2.29. The summed E-state index contributed by atoms with van der Waals surface area (Å²) < 4.78 is 50.0. The number of hydrogen-bond acceptors (Lipinski definition) is 1. The topological polar surface area (TPSA) is 9.23 Å². The molecule has 0 radical (unpaired) electrons. The summed E-state index contributed by atoms with van der Waals surface area (Å²) in [6.07, 6.45) is 7.31. The average molecular weight is 465 g/mol. The van der Waals surface area contributed by atoms with Crippen LogP contribution in [0, 0.1) is 17.5 Å². The quantitative estimate of drug-likeness (QED) is 0.303. The first-order chi connectivity index (χ1) is 16.5. The molecule has 0 N–H and O–H groups in total. The molecule has 2 unspecified atom stereocenters. The van der Waals surface area contributed by atoms with Crippen molar-refractivity contribution in [3.63, 3.8) is 0 Å². The molecule has 1 aliphatic heterocycles. The SMILES string of the molecule is C=CCCC1CCC(c2ccc(-c3ccc(-c4ccc(CCC)c(F)c4F)cc3)c(F)c2)CO1. The van der Waals surface area contributed by atoms with E-state index in [-0.39, 0.29) is 23.4 Å². The second kappa shape index (κ2) is 11.1. The van der Waals surface area contributed by atoms with E-state index in [0.717, 1.165) is 37.7 Å². The number of ether oxygens (including phenoxy) is 1. The molecule has 0 aliphatic carbocycles. The zero-order valence-corrected chi connectivity index (χ0v) is 19.6. The van der Waals surface area contributed by atoms with E-state index >= 15 is 4.39 Å². The third kappa shape index (κ3) is 5.28. The smallest absolute Gasteiger partial charge is 0.166 e. The van der Waals surface area contributed by atoms with Crippen LogP contribution in [0.15, 0.2) is 67.3 Å². The van der Waals surface area contributed by atoms with Gasteiger partial charge >= 0.3 is 0 Å². The van der Waals surface area contributed by atoms with Crippen LogP contribution in [0.3, 0.4) is 0 Å². The van der Waals surface area contributed by atoms with Crippen LogP contribution in [0.1, 0.15) is 56.1 Å². The average Bonchev–Trinajstić information content (AvgIpc) is 2.86. The molecule has 1 saturated heterocycles. The lowest BCUT2D eigenvalue weighted by atomic mass is 9.89. The van der Waals surface area contributed by atoms with Crippen molar-refractivity contribution in [2.24, 2.45) is 0 Å². The normalized spacial score (nSPS) is 18.1. The maximum absolute atomic E-state index is 15.0. The summed E-state index contributed by atoms with van der Waals surface area (Å²) in [7, 11) is 0. The Morgan fingerprint density at radius 2 is 1.62 bits per heavy atom. The van der Waals surface area contributed by atoms with Gasteiger partial charge in [-0.2, -0.15) is 0 Å². The van der Waals surface area contributed by atoms with Gasteiger partial charge in [-0.15, -0.1) is 6.58 Å². The zero-order valence-electron chi connectivity index (χ0n) is 19.6. The molecule has 2 atom stereocenters. The number of benzene rings is 3. The molecule has 1 heterocycles. The van der Waals surface area contributed by atoms with Gasteiger partial charge in [-0.25, -0.2) is 13.2 Å². The van der Waals surface area contributed by atoms with E-state index < -0.39 is 11.6 Å². The van der Waals surface area contributed by atoms with Crippen molar-refractivity contribution in [3.05, 3.63) is 95.8 Å². The highest BCUT2D eigenvalue weighted by Crippen LogP contribution is 2.34. The maximum atomic E-state index is 15.0. The van der Waals surface area contributed by atoms with Gasteiger partial charge in [0.25, 0.3) is 0 Å². The van der Waals surface area contributed by atoms with E-state index in [1.807, 2.05) is 19.1 Å². The van der Waals surface area contributed by atoms with Crippen LogP contribution in [0.5, 0.6) is 0 Å². The van der Waals surface area contributed by atoms with Gasteiger partial charge in [0.15, 0.2) is 11.6 Å². The first-order valence-electron chi connectivity index (χ1n) is 12.1. The third-order valence-corrected chi connectivity index (χ3v) is 6.72. The number of allylic oxidation sites excluding steroid dienone is 1. The fourth-order valence-electron chi connectivity index (χ4n) is 4.72. The molecule has 0 spiro atoms. The predicted octanol–water partition coefficient (Wildman–Crippen LogP) is 8.62. The fourth-order valence-corrected chi connectivity index (χ4v) is 4.72. The van der Waals surface area contributed by atoms with Crippen molar-refractivity contribution in [2.45, 2.75) is 57.5 Å². The minimum Gasteiger partial charge on any atom is -0.378 e. The molecule has 1 nitrogen and oxygen atoms in total. The maximum Gasteiger partial charge on any atom is 0.166 e. The second-order valence-electron chi connectivity index (χ2n) is 9.06. The molecule has 3 aromatic rings. The highest BCUT2D eigenvalue weighted by atomic mass is 19.2. The van der Waals surface area contributed by atoms with Gasteiger partial charge in [0.05, 0.1) is 12.7 Å². The zero-order chi connectivity index (χ0) is 24.1. The van der Waals surface area contributed by atoms with Crippen LogP contribution in [-0.4, -0.2) is 12.7 Å². The number of hydrogen-bond donors (Lipinski definition) is 0. The predicted molar refractivity (Wildman–Crippen MR) is 132 cm³/mol. The number of rotatable bonds is 8. The Bertz CT molecular complexity index is 1130. The molecular weight excluding hydrogens is 433 g/mol. The van der Waals surface area contributed by atoms with Crippen molar-refractivity contribution in [3.8, 4) is 22.3 Å². The molecular formula is C30H31F3O. The van der Waals surface area contributed by atoms with Crippen molar-refractivity contribution in [1.29, 1.82) is 0 Å². The summed E-state index contributed by atoms with van der Waals surface area (Å²) >= 11 is 0. The van der Waals surface area contributed by atoms with E-state index in [1.54, 1.807) is 48.5 Å². The van der Waals surface area contributed by atoms with Crippen molar-refractivity contribution >= 4 is 0 Å². The van der Waals surface area contributed by atoms with Crippen molar-refractivity contribution in [2.75, 3.05) is 6.61 Å². The Kier molecular flexibility index (Phi) is 7.89. The first-order valence-corrected chi connectivity index (χ1v) is 12.1. The molecule has 4 rings (SSSR count). The second-order valence-corrected chi connectivity index (χ2v) is 9.06. The lowest BCUT2D eigenvalue weighted by Crippen LogP contribution is -2.24. The highest BCUT2D eigenvalue weighted by molar-refractivity contribution is 5.71. The summed E-state index contributed by atoms with van der Waals surface area (Å²) in [4.78, 5) is 0. The van der Waals surface area contributed by atoms with Gasteiger partial charge < -0.3 is 4.74 Å². The molecule has 3 aromatic carbocycles. The van der Waals surface area contributed by atoms with Crippen LogP contribution in [0.25, 0.3) is 22.3 Å². The summed E-state index contributed by atoms with van der Waals surface area (Å²) in [6.45, 7) is 6.29. The van der Waals surface area contributed by atoms with E-state index in [2.05, 4.69) is 6.58 Å². The largest absolute Gasteiger partial charge is 0.378 e. The Hall–Kier alpha value is -2.85. The van der Waals surface area contributed by atoms with Gasteiger partial charge in [0.1, 0.15) is 5.82 Å². The molecule has 0 saturated carbocycles. The molecule has 0 amide bonds. The van der Waals surface area contributed by atoms with Gasteiger partial charge in [0, 0.05) is 17.0 Å². The van der Waals surface area contributed by atoms with Crippen LogP contribution < -0.4 is 0 Å². The summed E-state index contributed by atoms with van der Waals surface area (Å²) in [5.74, 6) is -1.72. The Morgan fingerprint density at radius 1 is 0.912 bits per heavy atom. The van der Waals surface area contributed by atoms with Crippen LogP contribution in [0.2, 0.25) is 0 Å². The van der Waals surface area contributed by atoms with E-state index in [4.69, 9.17) is 4.74 Å². The first kappa shape index (κ1) is 24.3. The molecule has 34 heavy (non-hydrogen) atoms. The molecule has 4 heteroatoms. The van der Waals surface area contributed by atoms with Crippen molar-refractivity contribution < 1.29 is 17.9 Å².